The first-order chi connectivity index (χ1) is 22.2. The highest BCUT2D eigenvalue weighted by molar-refractivity contribution is 6.27. The monoisotopic (exact) mass is 573 g/mol. The Labute approximate surface area is 259 Å². The van der Waals surface area contributed by atoms with Crippen molar-refractivity contribution in [3.8, 4) is 0 Å². The minimum absolute atomic E-state index is 0.923. The van der Waals surface area contributed by atoms with Crippen molar-refractivity contribution in [1.29, 1.82) is 0 Å². The molecule has 0 aliphatic heterocycles. The molecule has 0 N–H and O–H groups in total. The third kappa shape index (κ3) is 3.39. The predicted molar refractivity (Wildman–Crippen MR) is 192 cm³/mol. The van der Waals surface area contributed by atoms with Crippen LogP contribution in [0.15, 0.2) is 150 Å². The maximum absolute atomic E-state index is 6.59. The Morgan fingerprint density at radius 2 is 1.02 bits per heavy atom. The van der Waals surface area contributed by atoms with Crippen molar-refractivity contribution in [3.63, 3.8) is 0 Å². The van der Waals surface area contributed by atoms with Crippen LogP contribution in [0, 0.1) is 6.92 Å². The highest BCUT2D eigenvalue weighted by atomic mass is 16.3. The van der Waals surface area contributed by atoms with Gasteiger partial charge in [-0.2, -0.15) is 0 Å². The first-order valence-electron chi connectivity index (χ1n) is 15.5. The summed E-state index contributed by atoms with van der Waals surface area (Å²) in [5.74, 6) is 0. The first kappa shape index (κ1) is 24.6. The quantitative estimate of drug-likeness (QED) is 0.196. The largest absolute Gasteiger partial charge is 0.455 e. The van der Waals surface area contributed by atoms with Crippen LogP contribution in [0.2, 0.25) is 0 Å². The molecular formula is C43H27NO. The predicted octanol–water partition coefficient (Wildman–Crippen LogP) is 12.6. The number of nitrogens with zero attached hydrogens (tertiary/aromatic N) is 1. The van der Waals surface area contributed by atoms with Crippen LogP contribution < -0.4 is 4.90 Å². The number of furan rings is 1. The van der Waals surface area contributed by atoms with E-state index in [1.54, 1.807) is 0 Å². The molecule has 2 nitrogen and oxygen atoms in total. The van der Waals surface area contributed by atoms with Gasteiger partial charge in [-0.15, -0.1) is 0 Å². The topological polar surface area (TPSA) is 16.4 Å². The number of fused-ring (bicyclic) bond motifs is 6. The van der Waals surface area contributed by atoms with Crippen molar-refractivity contribution >= 4 is 92.9 Å². The van der Waals surface area contributed by atoms with Crippen molar-refractivity contribution < 1.29 is 4.42 Å². The Morgan fingerprint density at radius 1 is 0.400 bits per heavy atom. The maximum atomic E-state index is 6.59. The molecule has 0 aliphatic carbocycles. The summed E-state index contributed by atoms with van der Waals surface area (Å²) in [6.45, 7) is 2.18. The van der Waals surface area contributed by atoms with Crippen LogP contribution in [0.25, 0.3) is 75.8 Å². The fourth-order valence-electron chi connectivity index (χ4n) is 7.70. The Kier molecular flexibility index (Phi) is 4.95. The van der Waals surface area contributed by atoms with Crippen LogP contribution in [-0.2, 0) is 0 Å². The standard InChI is InChI=1S/C43H27NO/c1-26-9-6-18-39-40(26)35-25-38(32-15-4-5-16-33(32)43(35)45-39)44(36-17-8-11-27-10-2-3-14-31(27)36)37-24-22-30-20-19-28-12-7-13-29-21-23-34(37)42(30)41(28)29/h2-25H,1H3. The van der Waals surface area contributed by atoms with Crippen LogP contribution in [0.4, 0.5) is 17.1 Å². The summed E-state index contributed by atoms with van der Waals surface area (Å²) in [6, 6.07) is 53.0. The van der Waals surface area contributed by atoms with Gasteiger partial charge in [0, 0.05) is 32.3 Å². The van der Waals surface area contributed by atoms with Gasteiger partial charge in [0.25, 0.3) is 0 Å². The van der Waals surface area contributed by atoms with Gasteiger partial charge in [0.05, 0.1) is 17.1 Å². The molecule has 0 saturated carbocycles. The number of aryl methyl sites for hydroxylation is 1. The first-order valence-corrected chi connectivity index (χ1v) is 15.5. The lowest BCUT2D eigenvalue weighted by Crippen LogP contribution is -2.12. The summed E-state index contributed by atoms with van der Waals surface area (Å²) in [4.78, 5) is 2.49. The van der Waals surface area contributed by atoms with E-state index in [1.165, 1.54) is 54.0 Å². The fourth-order valence-corrected chi connectivity index (χ4v) is 7.70. The molecule has 10 rings (SSSR count). The zero-order valence-electron chi connectivity index (χ0n) is 24.7. The number of hydrogen-bond donors (Lipinski definition) is 0. The molecule has 0 fully saturated rings. The Morgan fingerprint density at radius 3 is 1.89 bits per heavy atom. The zero-order valence-corrected chi connectivity index (χ0v) is 24.7. The van der Waals surface area contributed by atoms with Gasteiger partial charge in [-0.3, -0.25) is 0 Å². The molecule has 0 unspecified atom stereocenters. The van der Waals surface area contributed by atoms with Gasteiger partial charge in [0.2, 0.25) is 0 Å². The van der Waals surface area contributed by atoms with E-state index in [2.05, 4.69) is 157 Å². The van der Waals surface area contributed by atoms with Crippen molar-refractivity contribution in [2.24, 2.45) is 0 Å². The summed E-state index contributed by atoms with van der Waals surface area (Å²) in [5, 5.41) is 14.7. The van der Waals surface area contributed by atoms with Gasteiger partial charge in [-0.05, 0) is 69.1 Å². The van der Waals surface area contributed by atoms with Crippen LogP contribution in [0.5, 0.6) is 0 Å². The molecule has 0 saturated heterocycles. The molecule has 0 spiro atoms. The fraction of sp³-hybridized carbons (Fsp3) is 0.0233. The van der Waals surface area contributed by atoms with E-state index < -0.39 is 0 Å². The van der Waals surface area contributed by atoms with Crippen LogP contribution in [-0.4, -0.2) is 0 Å². The third-order valence-electron chi connectivity index (χ3n) is 9.68. The van der Waals surface area contributed by atoms with Crippen molar-refractivity contribution in [1.82, 2.24) is 0 Å². The average Bonchev–Trinajstić information content (AvgIpc) is 3.48. The number of benzene rings is 9. The summed E-state index contributed by atoms with van der Waals surface area (Å²) in [6.07, 6.45) is 0. The van der Waals surface area contributed by atoms with Crippen LogP contribution in [0.3, 0.4) is 0 Å². The number of anilines is 3. The summed E-state index contributed by atoms with van der Waals surface area (Å²) in [5.41, 5.74) is 6.52. The van der Waals surface area contributed by atoms with Gasteiger partial charge >= 0.3 is 0 Å². The second kappa shape index (κ2) is 9.07. The molecule has 45 heavy (non-hydrogen) atoms. The minimum Gasteiger partial charge on any atom is -0.455 e. The second-order valence-corrected chi connectivity index (χ2v) is 12.1. The van der Waals surface area contributed by atoms with Crippen molar-refractivity contribution in [2.45, 2.75) is 6.92 Å². The molecule has 210 valence electrons. The summed E-state index contributed by atoms with van der Waals surface area (Å²) >= 11 is 0. The van der Waals surface area contributed by atoms with Gasteiger partial charge < -0.3 is 9.32 Å². The van der Waals surface area contributed by atoms with E-state index in [0.717, 1.165) is 44.4 Å². The van der Waals surface area contributed by atoms with E-state index in [9.17, 15) is 0 Å². The number of rotatable bonds is 3. The highest BCUT2D eigenvalue weighted by Gasteiger charge is 2.24. The van der Waals surface area contributed by atoms with Gasteiger partial charge in [-0.1, -0.05) is 121 Å². The molecule has 0 radical (unpaired) electrons. The molecule has 0 amide bonds. The lowest BCUT2D eigenvalue weighted by atomic mass is 9.92. The molecule has 9 aromatic carbocycles. The average molecular weight is 574 g/mol. The third-order valence-corrected chi connectivity index (χ3v) is 9.68. The molecule has 0 bridgehead atoms. The normalized spacial score (nSPS) is 12.1. The van der Waals surface area contributed by atoms with Gasteiger partial charge in [0.1, 0.15) is 11.2 Å². The van der Waals surface area contributed by atoms with E-state index in [-0.39, 0.29) is 0 Å². The molecule has 0 atom stereocenters. The lowest BCUT2D eigenvalue weighted by molar-refractivity contribution is 0.672. The van der Waals surface area contributed by atoms with Crippen molar-refractivity contribution in [3.05, 3.63) is 151 Å². The van der Waals surface area contributed by atoms with Crippen molar-refractivity contribution in [2.75, 3.05) is 4.90 Å². The molecule has 1 aromatic heterocycles. The van der Waals surface area contributed by atoms with E-state index in [4.69, 9.17) is 4.42 Å². The Bertz CT molecular complexity index is 2770. The van der Waals surface area contributed by atoms with E-state index in [0.29, 0.717) is 0 Å². The molecule has 10 aromatic rings. The maximum Gasteiger partial charge on any atom is 0.143 e. The van der Waals surface area contributed by atoms with E-state index >= 15 is 0 Å². The summed E-state index contributed by atoms with van der Waals surface area (Å²) in [7, 11) is 0. The smallest absolute Gasteiger partial charge is 0.143 e. The van der Waals surface area contributed by atoms with E-state index in [1.807, 2.05) is 0 Å². The Balaban J connectivity index is 1.40. The Hall–Kier alpha value is -5.86. The van der Waals surface area contributed by atoms with Gasteiger partial charge in [0.15, 0.2) is 0 Å². The number of hydrogen-bond acceptors (Lipinski definition) is 2. The molecule has 1 heterocycles. The van der Waals surface area contributed by atoms with Crippen LogP contribution in [0.1, 0.15) is 5.56 Å². The molecule has 0 aliphatic rings. The molecule has 2 heteroatoms. The van der Waals surface area contributed by atoms with Crippen LogP contribution >= 0.6 is 0 Å². The summed E-state index contributed by atoms with van der Waals surface area (Å²) < 4.78 is 6.59. The SMILES string of the molecule is Cc1cccc2oc3c4ccccc4c(N(c4cccc5ccccc45)c4ccc5ccc6cccc7ccc4c5c67)cc3c12. The second-order valence-electron chi connectivity index (χ2n) is 12.1. The lowest BCUT2D eigenvalue weighted by Gasteiger charge is -2.30. The minimum atomic E-state index is 0.923. The zero-order chi connectivity index (χ0) is 29.6. The highest BCUT2D eigenvalue weighted by Crippen LogP contribution is 2.49. The van der Waals surface area contributed by atoms with Gasteiger partial charge in [-0.25, -0.2) is 0 Å². The molecular weight excluding hydrogens is 546 g/mol.